The summed E-state index contributed by atoms with van der Waals surface area (Å²) in [6.45, 7) is 2.67. The monoisotopic (exact) mass is 144 g/mol. The van der Waals surface area contributed by atoms with Crippen molar-refractivity contribution in [3.05, 3.63) is 0 Å². The number of hydrogen-bond donors (Lipinski definition) is 3. The Labute approximate surface area is 61.8 Å². The molecular weight excluding hydrogens is 128 g/mol. The highest BCUT2D eigenvalue weighted by molar-refractivity contribution is 4.60. The average molecular weight is 144 g/mol. The highest BCUT2D eigenvalue weighted by Crippen LogP contribution is 1.94. The van der Waals surface area contributed by atoms with E-state index in [0.29, 0.717) is 6.54 Å². The molecule has 1 fully saturated rings. The summed E-state index contributed by atoms with van der Waals surface area (Å²) in [6.07, 6.45) is 3.32. The van der Waals surface area contributed by atoms with Crippen LogP contribution in [-0.4, -0.2) is 31.0 Å². The number of aliphatic hydroxyl groups excluding tert-OH is 1. The van der Waals surface area contributed by atoms with Gasteiger partial charge in [-0.1, -0.05) is 6.42 Å². The highest BCUT2D eigenvalue weighted by Gasteiger charge is 2.03. The number of rotatable bonds is 0. The van der Waals surface area contributed by atoms with Crippen molar-refractivity contribution in [2.75, 3.05) is 19.6 Å². The fourth-order valence-electron chi connectivity index (χ4n) is 1.13. The quantitative estimate of drug-likeness (QED) is 0.436. The van der Waals surface area contributed by atoms with Crippen molar-refractivity contribution in [1.29, 1.82) is 0 Å². The third-order valence-electron chi connectivity index (χ3n) is 1.75. The first-order chi connectivity index (χ1) is 4.89. The van der Waals surface area contributed by atoms with Crippen molar-refractivity contribution in [1.82, 2.24) is 10.6 Å². The molecule has 1 heterocycles. The van der Waals surface area contributed by atoms with Crippen LogP contribution in [0.5, 0.6) is 0 Å². The van der Waals surface area contributed by atoms with E-state index in [-0.39, 0.29) is 6.23 Å². The lowest BCUT2D eigenvalue weighted by Crippen LogP contribution is -2.38. The lowest BCUT2D eigenvalue weighted by molar-refractivity contribution is 0.137. The average Bonchev–Trinajstić information content (AvgIpc) is 2.02. The summed E-state index contributed by atoms with van der Waals surface area (Å²) >= 11 is 0. The molecule has 10 heavy (non-hydrogen) atoms. The van der Waals surface area contributed by atoms with Gasteiger partial charge in [0, 0.05) is 6.54 Å². The minimum atomic E-state index is -0.349. The maximum Gasteiger partial charge on any atom is 0.117 e. The summed E-state index contributed by atoms with van der Waals surface area (Å²) in [5.74, 6) is 0. The molecule has 1 rings (SSSR count). The molecule has 1 aliphatic rings. The molecule has 0 radical (unpaired) electrons. The Bertz CT molecular complexity index is 77.7. The molecule has 0 saturated carbocycles. The first-order valence-corrected chi connectivity index (χ1v) is 4.02. The highest BCUT2D eigenvalue weighted by atomic mass is 16.3. The molecule has 3 heteroatoms. The maximum absolute atomic E-state index is 9.17. The SMILES string of the molecule is OC1CNCCCCCN1. The molecule has 1 atom stereocenters. The van der Waals surface area contributed by atoms with Crippen molar-refractivity contribution in [2.45, 2.75) is 25.5 Å². The normalized spacial score (nSPS) is 30.3. The van der Waals surface area contributed by atoms with Gasteiger partial charge in [-0.15, -0.1) is 0 Å². The van der Waals surface area contributed by atoms with E-state index in [1.807, 2.05) is 0 Å². The Morgan fingerprint density at radius 2 is 1.90 bits per heavy atom. The topological polar surface area (TPSA) is 44.3 Å². The second-order valence-electron chi connectivity index (χ2n) is 2.73. The van der Waals surface area contributed by atoms with Gasteiger partial charge < -0.3 is 10.4 Å². The zero-order valence-electron chi connectivity index (χ0n) is 6.27. The van der Waals surface area contributed by atoms with E-state index in [1.54, 1.807) is 0 Å². The van der Waals surface area contributed by atoms with Crippen molar-refractivity contribution in [2.24, 2.45) is 0 Å². The van der Waals surface area contributed by atoms with Crippen LogP contribution >= 0.6 is 0 Å². The van der Waals surface area contributed by atoms with Gasteiger partial charge in [0.1, 0.15) is 6.23 Å². The van der Waals surface area contributed by atoms with E-state index in [2.05, 4.69) is 10.6 Å². The standard InChI is InChI=1S/C7H16N2O/c10-7-6-8-4-2-1-3-5-9-7/h7-10H,1-6H2. The summed E-state index contributed by atoms with van der Waals surface area (Å²) in [4.78, 5) is 0. The Hall–Kier alpha value is -0.120. The van der Waals surface area contributed by atoms with Crippen LogP contribution < -0.4 is 10.6 Å². The molecule has 0 spiro atoms. The second kappa shape index (κ2) is 4.66. The Morgan fingerprint density at radius 1 is 1.10 bits per heavy atom. The summed E-state index contributed by atoms with van der Waals surface area (Å²) in [6, 6.07) is 0. The fraction of sp³-hybridized carbons (Fsp3) is 1.00. The summed E-state index contributed by atoms with van der Waals surface area (Å²) in [7, 11) is 0. The molecule has 0 aliphatic carbocycles. The molecule has 0 amide bonds. The van der Waals surface area contributed by atoms with Crippen molar-refractivity contribution in [3.8, 4) is 0 Å². The van der Waals surface area contributed by atoms with Crippen LogP contribution in [0.3, 0.4) is 0 Å². The zero-order valence-corrected chi connectivity index (χ0v) is 6.27. The van der Waals surface area contributed by atoms with Gasteiger partial charge in [-0.25, -0.2) is 0 Å². The molecule has 3 N–H and O–H groups in total. The molecule has 1 unspecified atom stereocenters. The summed E-state index contributed by atoms with van der Waals surface area (Å²) < 4.78 is 0. The van der Waals surface area contributed by atoms with Crippen LogP contribution in [0.2, 0.25) is 0 Å². The van der Waals surface area contributed by atoms with Gasteiger partial charge >= 0.3 is 0 Å². The molecule has 1 aliphatic heterocycles. The number of nitrogens with one attached hydrogen (secondary N) is 2. The third kappa shape index (κ3) is 3.15. The predicted molar refractivity (Wildman–Crippen MR) is 40.7 cm³/mol. The number of β-amino-alcohol motifs (C(OH)–C–C–N with tert-alkyl or cyclic N) is 1. The van der Waals surface area contributed by atoms with E-state index in [0.717, 1.165) is 13.1 Å². The number of aliphatic hydroxyl groups is 1. The zero-order chi connectivity index (χ0) is 7.23. The van der Waals surface area contributed by atoms with Crippen LogP contribution in [0.1, 0.15) is 19.3 Å². The smallest absolute Gasteiger partial charge is 0.117 e. The molecule has 0 aromatic heterocycles. The van der Waals surface area contributed by atoms with E-state index in [9.17, 15) is 0 Å². The van der Waals surface area contributed by atoms with Crippen LogP contribution in [0, 0.1) is 0 Å². The van der Waals surface area contributed by atoms with E-state index < -0.39 is 0 Å². The van der Waals surface area contributed by atoms with Crippen LogP contribution in [0.25, 0.3) is 0 Å². The number of hydrogen-bond acceptors (Lipinski definition) is 3. The molecule has 0 bridgehead atoms. The molecule has 0 aromatic rings. The van der Waals surface area contributed by atoms with Crippen molar-refractivity contribution in [3.63, 3.8) is 0 Å². The van der Waals surface area contributed by atoms with Crippen molar-refractivity contribution < 1.29 is 5.11 Å². The van der Waals surface area contributed by atoms with Gasteiger partial charge in [0.05, 0.1) is 0 Å². The summed E-state index contributed by atoms with van der Waals surface area (Å²) in [5, 5.41) is 15.3. The van der Waals surface area contributed by atoms with Gasteiger partial charge in [-0.05, 0) is 25.9 Å². The lowest BCUT2D eigenvalue weighted by atomic mass is 10.2. The van der Waals surface area contributed by atoms with Gasteiger partial charge in [0.25, 0.3) is 0 Å². The van der Waals surface area contributed by atoms with Gasteiger partial charge in [-0.2, -0.15) is 0 Å². The van der Waals surface area contributed by atoms with E-state index >= 15 is 0 Å². The van der Waals surface area contributed by atoms with E-state index in [1.165, 1.54) is 19.3 Å². The summed E-state index contributed by atoms with van der Waals surface area (Å²) in [5.41, 5.74) is 0. The Balaban J connectivity index is 2.15. The molecular formula is C7H16N2O. The fourth-order valence-corrected chi connectivity index (χ4v) is 1.13. The third-order valence-corrected chi connectivity index (χ3v) is 1.75. The first-order valence-electron chi connectivity index (χ1n) is 4.02. The van der Waals surface area contributed by atoms with Crippen LogP contribution in [0.15, 0.2) is 0 Å². The Kier molecular flexibility index (Phi) is 3.72. The Morgan fingerprint density at radius 3 is 2.80 bits per heavy atom. The first kappa shape index (κ1) is 7.98. The predicted octanol–water partition coefficient (Wildman–Crippen LogP) is -0.332. The minimum Gasteiger partial charge on any atom is -0.377 e. The lowest BCUT2D eigenvalue weighted by Gasteiger charge is -2.10. The van der Waals surface area contributed by atoms with Gasteiger partial charge in [-0.3, -0.25) is 5.32 Å². The van der Waals surface area contributed by atoms with Gasteiger partial charge in [0.15, 0.2) is 0 Å². The second-order valence-corrected chi connectivity index (χ2v) is 2.73. The van der Waals surface area contributed by atoms with Gasteiger partial charge in [0.2, 0.25) is 0 Å². The molecule has 60 valence electrons. The van der Waals surface area contributed by atoms with Crippen molar-refractivity contribution >= 4 is 0 Å². The minimum absolute atomic E-state index is 0.349. The molecule has 0 aromatic carbocycles. The maximum atomic E-state index is 9.17. The van der Waals surface area contributed by atoms with Crippen LogP contribution in [-0.2, 0) is 0 Å². The van der Waals surface area contributed by atoms with Crippen LogP contribution in [0.4, 0.5) is 0 Å². The van der Waals surface area contributed by atoms with E-state index in [4.69, 9.17) is 5.11 Å². The largest absolute Gasteiger partial charge is 0.377 e. The molecule has 1 saturated heterocycles. The molecule has 3 nitrogen and oxygen atoms in total.